The van der Waals surface area contributed by atoms with E-state index in [4.69, 9.17) is 0 Å². The summed E-state index contributed by atoms with van der Waals surface area (Å²) in [4.78, 5) is 2.70. The van der Waals surface area contributed by atoms with Crippen LogP contribution < -0.4 is 10.2 Å². The van der Waals surface area contributed by atoms with Crippen molar-refractivity contribution in [3.63, 3.8) is 0 Å². The number of hydrogen-bond acceptors (Lipinski definition) is 2. The quantitative estimate of drug-likeness (QED) is 0.903. The van der Waals surface area contributed by atoms with Crippen molar-refractivity contribution in [2.75, 3.05) is 18.0 Å². The van der Waals surface area contributed by atoms with Crippen molar-refractivity contribution in [3.05, 3.63) is 29.8 Å². The van der Waals surface area contributed by atoms with Gasteiger partial charge in [0.15, 0.2) is 0 Å². The second-order valence-electron chi connectivity index (χ2n) is 6.80. The van der Waals surface area contributed by atoms with Gasteiger partial charge in [-0.3, -0.25) is 0 Å². The average molecular weight is 272 g/mol. The molecule has 1 N–H and O–H groups in total. The minimum Gasteiger partial charge on any atom is -0.365 e. The Hall–Kier alpha value is -1.02. The van der Waals surface area contributed by atoms with Crippen molar-refractivity contribution in [2.24, 2.45) is 11.8 Å². The molecule has 1 aromatic rings. The van der Waals surface area contributed by atoms with Crippen LogP contribution >= 0.6 is 0 Å². The van der Waals surface area contributed by atoms with Crippen molar-refractivity contribution in [2.45, 2.75) is 52.1 Å². The van der Waals surface area contributed by atoms with Crippen molar-refractivity contribution < 1.29 is 0 Å². The van der Waals surface area contributed by atoms with E-state index in [2.05, 4.69) is 55.3 Å². The Morgan fingerprint density at radius 1 is 1.25 bits per heavy atom. The molecule has 1 saturated heterocycles. The molecular formula is C18H28N2. The van der Waals surface area contributed by atoms with E-state index in [-0.39, 0.29) is 0 Å². The van der Waals surface area contributed by atoms with Gasteiger partial charge in [0, 0.05) is 30.9 Å². The molecule has 20 heavy (non-hydrogen) atoms. The Kier molecular flexibility index (Phi) is 4.02. The number of rotatable bonds is 4. The number of anilines is 1. The summed E-state index contributed by atoms with van der Waals surface area (Å²) in [6.45, 7) is 9.29. The van der Waals surface area contributed by atoms with Crippen molar-refractivity contribution in [3.8, 4) is 0 Å². The zero-order valence-electron chi connectivity index (χ0n) is 13.1. The first kappa shape index (κ1) is 13.9. The van der Waals surface area contributed by atoms with Gasteiger partial charge in [0.1, 0.15) is 0 Å². The molecule has 2 fully saturated rings. The molecular weight excluding hydrogens is 244 g/mol. The number of nitrogens with zero attached hydrogens (tertiary/aromatic N) is 1. The molecule has 1 aliphatic carbocycles. The topological polar surface area (TPSA) is 15.3 Å². The van der Waals surface area contributed by atoms with E-state index in [0.29, 0.717) is 18.0 Å². The molecule has 2 heteroatoms. The fourth-order valence-corrected chi connectivity index (χ4v) is 3.57. The summed E-state index contributed by atoms with van der Waals surface area (Å²) in [7, 11) is 0. The smallest absolute Gasteiger partial charge is 0.0438 e. The first-order chi connectivity index (χ1) is 9.70. The Morgan fingerprint density at radius 3 is 2.65 bits per heavy atom. The van der Waals surface area contributed by atoms with E-state index in [0.717, 1.165) is 18.9 Å². The van der Waals surface area contributed by atoms with Crippen LogP contribution in [0.4, 0.5) is 5.69 Å². The molecule has 0 bridgehead atoms. The summed E-state index contributed by atoms with van der Waals surface area (Å²) in [5, 5.41) is 3.81. The molecule has 1 aliphatic heterocycles. The number of aryl methyl sites for hydroxylation is 1. The maximum Gasteiger partial charge on any atom is 0.0438 e. The van der Waals surface area contributed by atoms with E-state index in [1.807, 2.05) is 0 Å². The van der Waals surface area contributed by atoms with Crippen molar-refractivity contribution >= 4 is 5.69 Å². The Bertz CT molecular complexity index is 450. The number of nitrogens with one attached hydrogen (secondary N) is 1. The zero-order valence-corrected chi connectivity index (χ0v) is 13.1. The van der Waals surface area contributed by atoms with Gasteiger partial charge >= 0.3 is 0 Å². The van der Waals surface area contributed by atoms with Crippen LogP contribution in [0.1, 0.15) is 39.2 Å². The number of hydrogen-bond donors (Lipinski definition) is 1. The van der Waals surface area contributed by atoms with E-state index in [1.54, 1.807) is 0 Å². The predicted octanol–water partition coefficient (Wildman–Crippen LogP) is 3.46. The molecule has 1 aromatic carbocycles. The zero-order chi connectivity index (χ0) is 14.1. The van der Waals surface area contributed by atoms with Crippen molar-refractivity contribution in [1.82, 2.24) is 5.32 Å². The van der Waals surface area contributed by atoms with Gasteiger partial charge in [-0.2, -0.15) is 0 Å². The van der Waals surface area contributed by atoms with Crippen LogP contribution in [-0.4, -0.2) is 25.2 Å². The highest BCUT2D eigenvalue weighted by atomic mass is 15.2. The third kappa shape index (κ3) is 2.71. The van der Waals surface area contributed by atoms with Gasteiger partial charge in [0.2, 0.25) is 0 Å². The van der Waals surface area contributed by atoms with Gasteiger partial charge in [-0.25, -0.2) is 0 Å². The van der Waals surface area contributed by atoms with Crippen molar-refractivity contribution in [1.29, 1.82) is 0 Å². The largest absolute Gasteiger partial charge is 0.365 e. The summed E-state index contributed by atoms with van der Waals surface area (Å²) >= 11 is 0. The molecule has 110 valence electrons. The second-order valence-corrected chi connectivity index (χ2v) is 6.80. The molecule has 0 aromatic heterocycles. The van der Waals surface area contributed by atoms with Gasteiger partial charge < -0.3 is 10.2 Å². The van der Waals surface area contributed by atoms with Crippen LogP contribution in [0, 0.1) is 11.8 Å². The number of benzene rings is 1. The molecule has 2 unspecified atom stereocenters. The van der Waals surface area contributed by atoms with Gasteiger partial charge in [-0.15, -0.1) is 0 Å². The fourth-order valence-electron chi connectivity index (χ4n) is 3.57. The lowest BCUT2D eigenvalue weighted by Crippen LogP contribution is -2.59. The molecule has 2 aliphatic rings. The Balaban J connectivity index is 1.88. The minimum absolute atomic E-state index is 0.623. The van der Waals surface area contributed by atoms with Crippen LogP contribution in [-0.2, 0) is 6.42 Å². The molecule has 1 heterocycles. The molecule has 2 atom stereocenters. The molecule has 1 saturated carbocycles. The van der Waals surface area contributed by atoms with Crippen LogP contribution in [0.2, 0.25) is 0 Å². The average Bonchev–Trinajstić information content (AvgIpc) is 3.31. The van der Waals surface area contributed by atoms with Crippen LogP contribution in [0.25, 0.3) is 0 Å². The highest BCUT2D eigenvalue weighted by Gasteiger charge is 2.38. The normalized spacial score (nSPS) is 27.1. The maximum absolute atomic E-state index is 3.81. The monoisotopic (exact) mass is 272 g/mol. The lowest BCUT2D eigenvalue weighted by molar-refractivity contribution is 0.320. The van der Waals surface area contributed by atoms with Crippen LogP contribution in [0.3, 0.4) is 0 Å². The fraction of sp³-hybridized carbons (Fsp3) is 0.667. The molecule has 3 rings (SSSR count). The maximum atomic E-state index is 3.81. The van der Waals surface area contributed by atoms with E-state index < -0.39 is 0 Å². The highest BCUT2D eigenvalue weighted by Crippen LogP contribution is 2.36. The SMILES string of the molecule is CCc1ccccc1N1CC(C2CC2)NCC1C(C)C. The Labute approximate surface area is 123 Å². The third-order valence-electron chi connectivity index (χ3n) is 5.03. The molecule has 0 amide bonds. The summed E-state index contributed by atoms with van der Waals surface area (Å²) < 4.78 is 0. The van der Waals surface area contributed by atoms with E-state index in [1.165, 1.54) is 30.6 Å². The minimum atomic E-state index is 0.623. The summed E-state index contributed by atoms with van der Waals surface area (Å²) in [5.74, 6) is 1.62. The summed E-state index contributed by atoms with van der Waals surface area (Å²) in [6.07, 6.45) is 3.97. The van der Waals surface area contributed by atoms with Gasteiger partial charge in [-0.05, 0) is 42.7 Å². The third-order valence-corrected chi connectivity index (χ3v) is 5.03. The highest BCUT2D eigenvalue weighted by molar-refractivity contribution is 5.55. The number of para-hydroxylation sites is 1. The van der Waals surface area contributed by atoms with Crippen LogP contribution in [0.5, 0.6) is 0 Å². The van der Waals surface area contributed by atoms with Gasteiger partial charge in [0.25, 0.3) is 0 Å². The van der Waals surface area contributed by atoms with E-state index in [9.17, 15) is 0 Å². The first-order valence-corrected chi connectivity index (χ1v) is 8.28. The molecule has 0 spiro atoms. The van der Waals surface area contributed by atoms with Crippen LogP contribution in [0.15, 0.2) is 24.3 Å². The predicted molar refractivity (Wildman–Crippen MR) is 86.3 cm³/mol. The van der Waals surface area contributed by atoms with E-state index >= 15 is 0 Å². The number of piperazine rings is 1. The van der Waals surface area contributed by atoms with Gasteiger partial charge in [0.05, 0.1) is 0 Å². The first-order valence-electron chi connectivity index (χ1n) is 8.28. The lowest BCUT2D eigenvalue weighted by atomic mass is 9.95. The summed E-state index contributed by atoms with van der Waals surface area (Å²) in [6, 6.07) is 10.3. The Morgan fingerprint density at radius 2 is 2.00 bits per heavy atom. The molecule has 0 radical (unpaired) electrons. The second kappa shape index (κ2) is 5.77. The lowest BCUT2D eigenvalue weighted by Gasteiger charge is -2.45. The standard InChI is InChI=1S/C18H28N2/c1-4-14-7-5-6-8-17(14)20-12-16(15-9-10-15)19-11-18(20)13(2)3/h5-8,13,15-16,18-19H,4,9-12H2,1-3H3. The van der Waals surface area contributed by atoms with Gasteiger partial charge in [-0.1, -0.05) is 39.0 Å². The molecule has 2 nitrogen and oxygen atoms in total. The summed E-state index contributed by atoms with van der Waals surface area (Å²) in [5.41, 5.74) is 2.97.